The molecule has 0 spiro atoms. The van der Waals surface area contributed by atoms with E-state index in [-0.39, 0.29) is 288 Å². The van der Waals surface area contributed by atoms with Crippen molar-refractivity contribution in [1.82, 2.24) is 0 Å². The molecule has 0 aromatic carbocycles. The fourth-order valence-corrected chi connectivity index (χ4v) is 0. The molecule has 0 aliphatic rings. The SMILES string of the molecule is O.O=P([O-])([O-])[O-].[Mo+4].[Mo+4].[Mo+4].[Mo+4].[Mo+4].[Mo+4].[Mo+4].[Mo+4].[Mo+4].[Mo+4].[Mo+4].[Mo+4].[Na+]. The molecule has 0 unspecified atom stereocenters. The van der Waals surface area contributed by atoms with Gasteiger partial charge in [-0.15, -0.1) is 0 Å². The van der Waals surface area contributed by atoms with Crippen molar-refractivity contribution in [3.05, 3.63) is 0 Å². The number of phosphoric acid groups is 1. The fraction of sp³-hybridized carbons (Fsp3) is 0. The third-order valence-corrected chi connectivity index (χ3v) is 0. The molecule has 19 heteroatoms. The minimum Gasteiger partial charge on any atom is -0.822 e. The standard InChI is InChI=1S/12Mo.Na.H3O4P.H2O/c;;;;;;;;;;;;;1-5(2,3)4;/h;;;;;;;;;;;;;(H3,1,2,3,4);1H2/q12*+4;+1;;/p-3. The summed E-state index contributed by atoms with van der Waals surface area (Å²) in [5, 5.41) is 0. The van der Waals surface area contributed by atoms with Gasteiger partial charge in [-0.2, -0.15) is 7.82 Å². The monoisotopic (exact) mass is 1310 g/mol. The Bertz CT molecular complexity index is 72.3. The molecule has 2 N–H and O–H groups in total. The average molecular weight is 1290 g/mol. The second-order valence-corrected chi connectivity index (χ2v) is 1.34. The maximum atomic E-state index is 8.55. The topological polar surface area (TPSA) is 118 Å². The van der Waals surface area contributed by atoms with Gasteiger partial charge in [0.2, 0.25) is 0 Å². The van der Waals surface area contributed by atoms with E-state index in [0.717, 1.165) is 0 Å². The van der Waals surface area contributed by atoms with E-state index >= 15 is 0 Å². The van der Waals surface area contributed by atoms with E-state index in [2.05, 4.69) is 0 Å². The summed E-state index contributed by atoms with van der Waals surface area (Å²) in [6.07, 6.45) is 0. The summed E-state index contributed by atoms with van der Waals surface area (Å²) < 4.78 is 8.55. The number of hydrogen-bond donors (Lipinski definition) is 0. The Morgan fingerprint density at radius 1 is 0.474 bits per heavy atom. The van der Waals surface area contributed by atoms with Crippen LogP contribution in [0.25, 0.3) is 0 Å². The first-order valence-electron chi connectivity index (χ1n) is 0.730. The van der Waals surface area contributed by atoms with Crippen LogP contribution in [0.3, 0.4) is 0 Å². The van der Waals surface area contributed by atoms with Crippen molar-refractivity contribution in [3.8, 4) is 0 Å². The van der Waals surface area contributed by atoms with E-state index in [1.165, 1.54) is 0 Å². The van der Waals surface area contributed by atoms with Crippen LogP contribution in [0, 0.1) is 0 Å². The molecule has 64 valence electrons. The normalized spacial score (nSPS) is 3.11. The van der Waals surface area contributed by atoms with E-state index in [1.54, 1.807) is 0 Å². The van der Waals surface area contributed by atoms with Crippen LogP contribution >= 0.6 is 7.82 Å². The summed E-state index contributed by atoms with van der Waals surface area (Å²) in [5.41, 5.74) is 0. The van der Waals surface area contributed by atoms with Crippen LogP contribution in [-0.4, -0.2) is 5.48 Å². The Morgan fingerprint density at radius 2 is 0.474 bits per heavy atom. The van der Waals surface area contributed by atoms with Gasteiger partial charge in [-0.3, -0.25) is 0 Å². The van der Waals surface area contributed by atoms with Crippen LogP contribution in [-0.2, 0) is 257 Å². The smallest absolute Gasteiger partial charge is 0.822 e. The number of hydrogen-bond acceptors (Lipinski definition) is 4. The molecule has 0 saturated carbocycles. The van der Waals surface area contributed by atoms with E-state index in [1.807, 2.05) is 0 Å². The molecule has 5 nitrogen and oxygen atoms in total. The first-order valence-corrected chi connectivity index (χ1v) is 2.19. The molecule has 0 aliphatic carbocycles. The van der Waals surface area contributed by atoms with Crippen LogP contribution in [0.1, 0.15) is 0 Å². The molecule has 0 rings (SSSR count). The third kappa shape index (κ3) is 201. The molecular formula is H2Mo12NaO5P+46. The van der Waals surface area contributed by atoms with Gasteiger partial charge < -0.3 is 24.7 Å². The molecule has 19 heavy (non-hydrogen) atoms. The Morgan fingerprint density at radius 3 is 0.474 bits per heavy atom. The Labute approximate surface area is 307 Å². The fourth-order valence-electron chi connectivity index (χ4n) is 0. The van der Waals surface area contributed by atoms with Crippen molar-refractivity contribution in [2.24, 2.45) is 0 Å². The van der Waals surface area contributed by atoms with Gasteiger partial charge in [0.1, 0.15) is 0 Å². The second-order valence-electron chi connectivity index (χ2n) is 0.447. The molecule has 0 fully saturated rings. The van der Waals surface area contributed by atoms with Crippen LogP contribution in [0.2, 0.25) is 0 Å². The van der Waals surface area contributed by atoms with Crippen LogP contribution < -0.4 is 44.2 Å². The summed E-state index contributed by atoms with van der Waals surface area (Å²) in [5.74, 6) is 0. The first-order chi connectivity index (χ1) is 2.00. The molecule has 0 radical (unpaired) electrons. The van der Waals surface area contributed by atoms with Crippen molar-refractivity contribution >= 4 is 7.82 Å². The maximum Gasteiger partial charge on any atom is 4.00 e. The van der Waals surface area contributed by atoms with Gasteiger partial charge in [0, 0.05) is 0 Å². The Balaban J connectivity index is -0.000000000879. The zero-order valence-electron chi connectivity index (χ0n) is 8.48. The summed E-state index contributed by atoms with van der Waals surface area (Å²) in [6, 6.07) is 0. The minimum absolute atomic E-state index is 0. The molecule has 0 heterocycles. The van der Waals surface area contributed by atoms with Gasteiger partial charge in [0.25, 0.3) is 0 Å². The zero-order valence-corrected chi connectivity index (χ0v) is 35.5. The Kier molecular flexibility index (Phi) is 505. The predicted molar refractivity (Wildman–Crippen MR) is 11.2 cm³/mol. The van der Waals surface area contributed by atoms with Gasteiger partial charge in [0.15, 0.2) is 0 Å². The maximum absolute atomic E-state index is 8.55. The molecule has 0 amide bonds. The largest absolute Gasteiger partial charge is 4.00 e. The Hall–Kier alpha value is 9.33. The van der Waals surface area contributed by atoms with E-state index in [4.69, 9.17) is 19.2 Å². The summed E-state index contributed by atoms with van der Waals surface area (Å²) in [4.78, 5) is 25.6. The van der Waals surface area contributed by atoms with Crippen LogP contribution in [0.5, 0.6) is 0 Å². The van der Waals surface area contributed by atoms with Crippen molar-refractivity contribution < 1.29 is 307 Å². The molecule has 0 bridgehead atoms. The molecule has 0 atom stereocenters. The molecular weight excluding hydrogens is 1290 g/mol. The predicted octanol–water partition coefficient (Wildman–Crippen LogP) is -6.68. The molecule has 0 aliphatic heterocycles. The van der Waals surface area contributed by atoms with Gasteiger partial charge in [-0.1, -0.05) is 0 Å². The zero-order chi connectivity index (χ0) is 4.50. The second kappa shape index (κ2) is 80.6. The number of rotatable bonds is 0. The van der Waals surface area contributed by atoms with Crippen molar-refractivity contribution in [2.45, 2.75) is 0 Å². The summed E-state index contributed by atoms with van der Waals surface area (Å²) in [7, 11) is -5.39. The first kappa shape index (κ1) is 119. The molecule has 0 saturated heterocycles. The van der Waals surface area contributed by atoms with E-state index < -0.39 is 7.82 Å². The van der Waals surface area contributed by atoms with E-state index in [0.29, 0.717) is 0 Å². The van der Waals surface area contributed by atoms with E-state index in [9.17, 15) is 0 Å². The quantitative estimate of drug-likeness (QED) is 0.177. The van der Waals surface area contributed by atoms with Crippen molar-refractivity contribution in [1.29, 1.82) is 0 Å². The summed E-state index contributed by atoms with van der Waals surface area (Å²) >= 11 is 0. The van der Waals surface area contributed by atoms with Crippen LogP contribution in [0.15, 0.2) is 0 Å². The molecule has 0 aromatic heterocycles. The van der Waals surface area contributed by atoms with Crippen LogP contribution in [0.4, 0.5) is 0 Å². The molecule has 0 aromatic rings. The van der Waals surface area contributed by atoms with Crippen molar-refractivity contribution in [3.63, 3.8) is 0 Å². The summed E-state index contributed by atoms with van der Waals surface area (Å²) in [6.45, 7) is 0. The third-order valence-electron chi connectivity index (χ3n) is 0. The van der Waals surface area contributed by atoms with Gasteiger partial charge in [-0.05, 0) is 0 Å². The average Bonchev–Trinajstić information content (AvgIpc) is 0.722. The van der Waals surface area contributed by atoms with Gasteiger partial charge in [0.05, 0.1) is 0 Å². The van der Waals surface area contributed by atoms with Gasteiger partial charge in [-0.25, -0.2) is 0 Å². The van der Waals surface area contributed by atoms with Gasteiger partial charge >= 0.3 is 282 Å². The van der Waals surface area contributed by atoms with Crippen molar-refractivity contribution in [2.75, 3.05) is 0 Å². The minimum atomic E-state index is -5.39.